The summed E-state index contributed by atoms with van der Waals surface area (Å²) in [6, 6.07) is 13.2. The van der Waals surface area contributed by atoms with Crippen molar-refractivity contribution in [3.8, 4) is 0 Å². The van der Waals surface area contributed by atoms with Crippen LogP contribution >= 0.6 is 0 Å². The number of hydrogen-bond acceptors (Lipinski definition) is 4. The zero-order valence-electron chi connectivity index (χ0n) is 17.9. The van der Waals surface area contributed by atoms with E-state index in [2.05, 4.69) is 22.3 Å². The first-order chi connectivity index (χ1) is 15.4. The molecule has 2 aromatic carbocycles. The number of nitrogens with one attached hydrogen (secondary N) is 1. The van der Waals surface area contributed by atoms with Crippen LogP contribution in [-0.2, 0) is 22.3 Å². The van der Waals surface area contributed by atoms with E-state index in [1.54, 1.807) is 11.0 Å². The number of carbonyl (C=O) groups excluding carboxylic acids is 1. The second-order valence-electron chi connectivity index (χ2n) is 8.27. The lowest BCUT2D eigenvalue weighted by Crippen LogP contribution is -2.36. The molecule has 2 aromatic rings. The van der Waals surface area contributed by atoms with Gasteiger partial charge in [-0.15, -0.1) is 0 Å². The quantitative estimate of drug-likeness (QED) is 0.697. The highest BCUT2D eigenvalue weighted by molar-refractivity contribution is 5.78. The zero-order chi connectivity index (χ0) is 22.6. The number of anilines is 1. The van der Waals surface area contributed by atoms with Crippen LogP contribution in [0.2, 0.25) is 0 Å². The Morgan fingerprint density at radius 3 is 2.44 bits per heavy atom. The highest BCUT2D eigenvalue weighted by atomic mass is 19.4. The van der Waals surface area contributed by atoms with Gasteiger partial charge < -0.3 is 19.9 Å². The Balaban J connectivity index is 1.47. The molecule has 2 aliphatic rings. The van der Waals surface area contributed by atoms with Crippen LogP contribution in [0.25, 0.3) is 0 Å². The number of ether oxygens (including phenoxy) is 1. The van der Waals surface area contributed by atoms with Crippen molar-refractivity contribution in [1.29, 1.82) is 0 Å². The molecule has 0 radical (unpaired) electrons. The average Bonchev–Trinajstić information content (AvgIpc) is 3.21. The second kappa shape index (κ2) is 9.92. The van der Waals surface area contributed by atoms with Crippen LogP contribution in [0.5, 0.6) is 0 Å². The summed E-state index contributed by atoms with van der Waals surface area (Å²) in [4.78, 5) is 16.1. The Bertz CT molecular complexity index is 911. The summed E-state index contributed by atoms with van der Waals surface area (Å²) in [5.41, 5.74) is 2.02. The number of rotatable bonds is 7. The first kappa shape index (κ1) is 22.6. The number of benzene rings is 2. The van der Waals surface area contributed by atoms with Gasteiger partial charge in [0.15, 0.2) is 0 Å². The Morgan fingerprint density at radius 1 is 1.03 bits per heavy atom. The lowest BCUT2D eigenvalue weighted by Gasteiger charge is -2.29. The van der Waals surface area contributed by atoms with Crippen LogP contribution in [0.3, 0.4) is 0 Å². The number of morpholine rings is 1. The highest BCUT2D eigenvalue weighted by Crippen LogP contribution is 2.31. The molecular weight excluding hydrogens is 419 g/mol. The molecule has 0 bridgehead atoms. The second-order valence-corrected chi connectivity index (χ2v) is 8.27. The van der Waals surface area contributed by atoms with E-state index < -0.39 is 17.8 Å². The van der Waals surface area contributed by atoms with Gasteiger partial charge in [-0.3, -0.25) is 4.79 Å². The van der Waals surface area contributed by atoms with Crippen molar-refractivity contribution in [2.75, 3.05) is 44.3 Å². The van der Waals surface area contributed by atoms with Gasteiger partial charge in [-0.05, 0) is 41.8 Å². The minimum atomic E-state index is -4.40. The van der Waals surface area contributed by atoms with Crippen molar-refractivity contribution in [2.45, 2.75) is 31.6 Å². The fraction of sp³-hybridized carbons (Fsp3) is 0.458. The van der Waals surface area contributed by atoms with Crippen LogP contribution in [0.1, 0.15) is 35.6 Å². The predicted molar refractivity (Wildman–Crippen MR) is 116 cm³/mol. The van der Waals surface area contributed by atoms with Crippen molar-refractivity contribution in [3.05, 3.63) is 65.2 Å². The topological polar surface area (TPSA) is 44.8 Å². The number of hydrogen-bond donors (Lipinski definition) is 1. The number of likely N-dealkylation sites (tertiary alicyclic amines) is 1. The molecule has 32 heavy (non-hydrogen) atoms. The fourth-order valence-corrected chi connectivity index (χ4v) is 4.22. The number of halogens is 3. The van der Waals surface area contributed by atoms with Crippen molar-refractivity contribution >= 4 is 11.6 Å². The molecule has 0 aliphatic carbocycles. The Hall–Kier alpha value is -2.58. The minimum Gasteiger partial charge on any atom is -0.378 e. The van der Waals surface area contributed by atoms with Gasteiger partial charge in [-0.1, -0.05) is 24.3 Å². The standard InChI is InChI=1S/C24H28F3N3O2/c25-24(26,27)20-4-1-3-19(15-20)22(17-30-10-2-5-23(30)31)28-16-18-6-8-21(9-7-18)29-11-13-32-14-12-29/h1,3-4,6-9,15,22,28H,2,5,10-14,16-17H2/t22-/m0/s1. The van der Waals surface area contributed by atoms with Crippen LogP contribution in [0.15, 0.2) is 48.5 Å². The molecule has 172 valence electrons. The van der Waals surface area contributed by atoms with Crippen molar-refractivity contribution in [3.63, 3.8) is 0 Å². The summed E-state index contributed by atoms with van der Waals surface area (Å²) in [7, 11) is 0. The number of amides is 1. The number of alkyl halides is 3. The maximum absolute atomic E-state index is 13.2. The highest BCUT2D eigenvalue weighted by Gasteiger charge is 2.31. The molecule has 2 saturated heterocycles. The Morgan fingerprint density at radius 2 is 1.78 bits per heavy atom. The lowest BCUT2D eigenvalue weighted by atomic mass is 10.0. The molecule has 1 N–H and O–H groups in total. The van der Waals surface area contributed by atoms with E-state index in [-0.39, 0.29) is 5.91 Å². The van der Waals surface area contributed by atoms with E-state index in [1.165, 1.54) is 12.1 Å². The SMILES string of the molecule is O=C1CCCN1C[C@H](NCc1ccc(N2CCOCC2)cc1)c1cccc(C(F)(F)F)c1. The van der Waals surface area contributed by atoms with E-state index in [4.69, 9.17) is 4.74 Å². The van der Waals surface area contributed by atoms with E-state index in [1.807, 2.05) is 12.1 Å². The molecule has 0 unspecified atom stereocenters. The third-order valence-corrected chi connectivity index (χ3v) is 6.06. The molecular formula is C24H28F3N3O2. The Labute approximate surface area is 186 Å². The largest absolute Gasteiger partial charge is 0.416 e. The third kappa shape index (κ3) is 5.61. The van der Waals surface area contributed by atoms with Crippen LogP contribution in [-0.4, -0.2) is 50.2 Å². The van der Waals surface area contributed by atoms with Crippen molar-refractivity contribution in [1.82, 2.24) is 10.2 Å². The summed E-state index contributed by atoms with van der Waals surface area (Å²) in [6.45, 7) is 4.65. The van der Waals surface area contributed by atoms with Crippen molar-refractivity contribution in [2.24, 2.45) is 0 Å². The van der Waals surface area contributed by atoms with E-state index in [0.29, 0.717) is 31.6 Å². The lowest BCUT2D eigenvalue weighted by molar-refractivity contribution is -0.137. The summed E-state index contributed by atoms with van der Waals surface area (Å²) in [5, 5.41) is 3.38. The first-order valence-electron chi connectivity index (χ1n) is 11.0. The monoisotopic (exact) mass is 447 g/mol. The number of nitrogens with zero attached hydrogens (tertiary/aromatic N) is 2. The van der Waals surface area contributed by atoms with E-state index in [0.717, 1.165) is 50.0 Å². The minimum absolute atomic E-state index is 0.0543. The van der Waals surface area contributed by atoms with Gasteiger partial charge in [0.1, 0.15) is 0 Å². The number of carbonyl (C=O) groups is 1. The molecule has 1 atom stereocenters. The molecule has 5 nitrogen and oxygen atoms in total. The zero-order valence-corrected chi connectivity index (χ0v) is 17.9. The predicted octanol–water partition coefficient (Wildman–Crippen LogP) is 4.00. The molecule has 0 saturated carbocycles. The molecule has 0 spiro atoms. The smallest absolute Gasteiger partial charge is 0.378 e. The third-order valence-electron chi connectivity index (χ3n) is 6.06. The molecule has 1 amide bonds. The summed E-state index contributed by atoms with van der Waals surface area (Å²) < 4.78 is 45.1. The normalized spacial score (nSPS) is 18.3. The summed E-state index contributed by atoms with van der Waals surface area (Å²) >= 11 is 0. The fourth-order valence-electron chi connectivity index (χ4n) is 4.22. The van der Waals surface area contributed by atoms with Gasteiger partial charge >= 0.3 is 6.18 Å². The molecule has 0 aromatic heterocycles. The van der Waals surface area contributed by atoms with Crippen LogP contribution in [0, 0.1) is 0 Å². The molecule has 4 rings (SSSR count). The van der Waals surface area contributed by atoms with Gasteiger partial charge in [-0.2, -0.15) is 13.2 Å². The van der Waals surface area contributed by atoms with Crippen LogP contribution in [0.4, 0.5) is 18.9 Å². The molecule has 2 fully saturated rings. The van der Waals surface area contributed by atoms with Crippen LogP contribution < -0.4 is 10.2 Å². The van der Waals surface area contributed by atoms with Gasteiger partial charge in [0.2, 0.25) is 5.91 Å². The van der Waals surface area contributed by atoms with Gasteiger partial charge in [0.25, 0.3) is 0 Å². The van der Waals surface area contributed by atoms with Crippen molar-refractivity contribution < 1.29 is 22.7 Å². The molecule has 2 aliphatic heterocycles. The maximum atomic E-state index is 13.2. The molecule has 2 heterocycles. The summed E-state index contributed by atoms with van der Waals surface area (Å²) in [5.74, 6) is 0.0543. The maximum Gasteiger partial charge on any atom is 0.416 e. The van der Waals surface area contributed by atoms with Gasteiger partial charge in [-0.25, -0.2) is 0 Å². The average molecular weight is 448 g/mol. The van der Waals surface area contributed by atoms with E-state index >= 15 is 0 Å². The first-order valence-corrected chi connectivity index (χ1v) is 11.0. The van der Waals surface area contributed by atoms with Gasteiger partial charge in [0, 0.05) is 44.8 Å². The Kier molecular flexibility index (Phi) is 7.01. The van der Waals surface area contributed by atoms with E-state index in [9.17, 15) is 18.0 Å². The summed E-state index contributed by atoms with van der Waals surface area (Å²) in [6.07, 6.45) is -3.12. The molecule has 8 heteroatoms. The van der Waals surface area contributed by atoms with Gasteiger partial charge in [0.05, 0.1) is 24.8 Å².